The van der Waals surface area contributed by atoms with E-state index in [0.29, 0.717) is 0 Å². The summed E-state index contributed by atoms with van der Waals surface area (Å²) in [6.45, 7) is 3.77. The largest absolute Gasteiger partial charge is 0.399 e. The highest BCUT2D eigenvalue weighted by Gasteiger charge is 2.16. The Morgan fingerprint density at radius 1 is 1.07 bits per heavy atom. The fourth-order valence-electron chi connectivity index (χ4n) is 1.34. The molecule has 0 bridgehead atoms. The molecule has 0 heterocycles. The van der Waals surface area contributed by atoms with Crippen LogP contribution in [0.3, 0.4) is 0 Å². The fourth-order valence-corrected chi connectivity index (χ4v) is 1.96. The minimum atomic E-state index is -0.147. The standard InChI is InChI=1S/C10H14Cl2N2/c1-7(11)14(8(2)12)10-5-3-9(13)4-6-10/h3-8H,13H2,1-2H3. The number of hydrogen-bond donors (Lipinski definition) is 1. The number of anilines is 2. The summed E-state index contributed by atoms with van der Waals surface area (Å²) in [5, 5.41) is 0. The maximum Gasteiger partial charge on any atom is 0.102 e. The Balaban J connectivity index is 2.94. The van der Waals surface area contributed by atoms with E-state index < -0.39 is 0 Å². The molecule has 0 radical (unpaired) electrons. The van der Waals surface area contributed by atoms with E-state index >= 15 is 0 Å². The number of nitrogens with two attached hydrogens (primary N) is 1. The van der Waals surface area contributed by atoms with Crippen molar-refractivity contribution in [1.29, 1.82) is 0 Å². The van der Waals surface area contributed by atoms with Crippen LogP contribution in [0.5, 0.6) is 0 Å². The first-order valence-corrected chi connectivity index (χ1v) is 5.31. The molecule has 0 aromatic heterocycles. The summed E-state index contributed by atoms with van der Waals surface area (Å²) in [4.78, 5) is 1.91. The first-order valence-electron chi connectivity index (χ1n) is 4.44. The summed E-state index contributed by atoms with van der Waals surface area (Å²) in [7, 11) is 0. The third-order valence-corrected chi connectivity index (χ3v) is 2.38. The van der Waals surface area contributed by atoms with Crippen molar-refractivity contribution in [1.82, 2.24) is 0 Å². The van der Waals surface area contributed by atoms with Gasteiger partial charge in [-0.1, -0.05) is 23.2 Å². The molecule has 0 saturated carbocycles. The molecule has 0 aliphatic rings. The zero-order chi connectivity index (χ0) is 10.7. The lowest BCUT2D eigenvalue weighted by Gasteiger charge is -2.29. The SMILES string of the molecule is CC(Cl)N(c1ccc(N)cc1)C(C)Cl. The average molecular weight is 233 g/mol. The smallest absolute Gasteiger partial charge is 0.102 e. The van der Waals surface area contributed by atoms with E-state index in [2.05, 4.69) is 0 Å². The minimum absolute atomic E-state index is 0.147. The predicted molar refractivity (Wildman–Crippen MR) is 64.0 cm³/mol. The van der Waals surface area contributed by atoms with Crippen LogP contribution in [-0.2, 0) is 0 Å². The molecule has 0 saturated heterocycles. The second-order valence-corrected chi connectivity index (χ2v) is 4.41. The van der Waals surface area contributed by atoms with Crippen LogP contribution in [-0.4, -0.2) is 11.0 Å². The Hall–Kier alpha value is -0.600. The molecule has 1 rings (SSSR count). The topological polar surface area (TPSA) is 29.3 Å². The Bertz CT molecular complexity index is 275. The second kappa shape index (κ2) is 4.76. The van der Waals surface area contributed by atoms with E-state index in [0.717, 1.165) is 11.4 Å². The first kappa shape index (κ1) is 11.5. The van der Waals surface area contributed by atoms with Crippen molar-refractivity contribution in [2.45, 2.75) is 24.8 Å². The summed E-state index contributed by atoms with van der Waals surface area (Å²) in [6.07, 6.45) is 0. The van der Waals surface area contributed by atoms with Crippen LogP contribution in [0, 0.1) is 0 Å². The molecule has 1 aromatic rings. The average Bonchev–Trinajstić information content (AvgIpc) is 2.07. The van der Waals surface area contributed by atoms with Gasteiger partial charge in [0.05, 0.1) is 0 Å². The summed E-state index contributed by atoms with van der Waals surface area (Å²) < 4.78 is 0. The van der Waals surface area contributed by atoms with Gasteiger partial charge < -0.3 is 10.6 Å². The van der Waals surface area contributed by atoms with Crippen molar-refractivity contribution in [3.63, 3.8) is 0 Å². The molecule has 0 amide bonds. The zero-order valence-electron chi connectivity index (χ0n) is 8.24. The van der Waals surface area contributed by atoms with Gasteiger partial charge in [-0.2, -0.15) is 0 Å². The van der Waals surface area contributed by atoms with Crippen molar-refractivity contribution >= 4 is 34.6 Å². The van der Waals surface area contributed by atoms with Crippen molar-refractivity contribution in [3.05, 3.63) is 24.3 Å². The van der Waals surface area contributed by atoms with Gasteiger partial charge in [0, 0.05) is 11.4 Å². The summed E-state index contributed by atoms with van der Waals surface area (Å²) in [5.41, 5.74) is 7.01. The molecule has 78 valence electrons. The molecule has 2 nitrogen and oxygen atoms in total. The van der Waals surface area contributed by atoms with Crippen LogP contribution < -0.4 is 10.6 Å². The van der Waals surface area contributed by atoms with Crippen LogP contribution in [0.1, 0.15) is 13.8 Å². The van der Waals surface area contributed by atoms with E-state index in [1.54, 1.807) is 0 Å². The van der Waals surface area contributed by atoms with Crippen LogP contribution >= 0.6 is 23.2 Å². The van der Waals surface area contributed by atoms with Gasteiger partial charge in [0.15, 0.2) is 0 Å². The van der Waals surface area contributed by atoms with Gasteiger partial charge in [-0.3, -0.25) is 0 Å². The maximum atomic E-state index is 6.02. The number of nitrogen functional groups attached to an aromatic ring is 1. The normalized spacial score (nSPS) is 14.9. The van der Waals surface area contributed by atoms with E-state index in [1.165, 1.54) is 0 Å². The third kappa shape index (κ3) is 2.69. The lowest BCUT2D eigenvalue weighted by Crippen LogP contribution is -2.34. The van der Waals surface area contributed by atoms with Gasteiger partial charge in [-0.05, 0) is 38.1 Å². The minimum Gasteiger partial charge on any atom is -0.399 e. The van der Waals surface area contributed by atoms with Crippen LogP contribution in [0.25, 0.3) is 0 Å². The lowest BCUT2D eigenvalue weighted by atomic mass is 10.2. The van der Waals surface area contributed by atoms with Gasteiger partial charge in [-0.15, -0.1) is 0 Å². The first-order chi connectivity index (χ1) is 6.52. The highest BCUT2D eigenvalue weighted by Crippen LogP contribution is 2.24. The van der Waals surface area contributed by atoms with E-state index in [4.69, 9.17) is 28.9 Å². The van der Waals surface area contributed by atoms with Crippen LogP contribution in [0.2, 0.25) is 0 Å². The Labute approximate surface area is 94.6 Å². The number of rotatable bonds is 3. The highest BCUT2D eigenvalue weighted by atomic mass is 35.5. The Kier molecular flexibility index (Phi) is 3.90. The van der Waals surface area contributed by atoms with Gasteiger partial charge in [0.1, 0.15) is 11.0 Å². The molecule has 0 aliphatic heterocycles. The number of alkyl halides is 2. The van der Waals surface area contributed by atoms with E-state index in [-0.39, 0.29) is 11.0 Å². The van der Waals surface area contributed by atoms with Crippen molar-refractivity contribution < 1.29 is 0 Å². The lowest BCUT2D eigenvalue weighted by molar-refractivity contribution is 0.770. The number of halogens is 2. The number of hydrogen-bond acceptors (Lipinski definition) is 2. The molecule has 1 aromatic carbocycles. The van der Waals surface area contributed by atoms with Crippen LogP contribution in [0.4, 0.5) is 11.4 Å². The molecule has 0 fully saturated rings. The summed E-state index contributed by atoms with van der Waals surface area (Å²) in [6, 6.07) is 7.49. The fraction of sp³-hybridized carbons (Fsp3) is 0.400. The molecular formula is C10H14Cl2N2. The van der Waals surface area contributed by atoms with Crippen LogP contribution in [0.15, 0.2) is 24.3 Å². The van der Waals surface area contributed by atoms with Gasteiger partial charge in [-0.25, -0.2) is 0 Å². The predicted octanol–water partition coefficient (Wildman–Crippen LogP) is 3.24. The quantitative estimate of drug-likeness (QED) is 0.493. The molecule has 14 heavy (non-hydrogen) atoms. The molecule has 0 aliphatic carbocycles. The van der Waals surface area contributed by atoms with Crippen molar-refractivity contribution in [3.8, 4) is 0 Å². The van der Waals surface area contributed by atoms with Gasteiger partial charge in [0.2, 0.25) is 0 Å². The molecule has 0 spiro atoms. The van der Waals surface area contributed by atoms with Crippen molar-refractivity contribution in [2.24, 2.45) is 0 Å². The van der Waals surface area contributed by atoms with E-state index in [1.807, 2.05) is 43.0 Å². The van der Waals surface area contributed by atoms with E-state index in [9.17, 15) is 0 Å². The number of nitrogens with zero attached hydrogens (tertiary/aromatic N) is 1. The Morgan fingerprint density at radius 2 is 1.50 bits per heavy atom. The molecular weight excluding hydrogens is 219 g/mol. The molecule has 4 heteroatoms. The summed E-state index contributed by atoms with van der Waals surface area (Å²) in [5.74, 6) is 0. The number of benzene rings is 1. The Morgan fingerprint density at radius 3 is 1.86 bits per heavy atom. The van der Waals surface area contributed by atoms with Crippen molar-refractivity contribution in [2.75, 3.05) is 10.6 Å². The van der Waals surface area contributed by atoms with Gasteiger partial charge in [0.25, 0.3) is 0 Å². The summed E-state index contributed by atoms with van der Waals surface area (Å²) >= 11 is 12.0. The van der Waals surface area contributed by atoms with Gasteiger partial charge >= 0.3 is 0 Å². The zero-order valence-corrected chi connectivity index (χ0v) is 9.76. The third-order valence-electron chi connectivity index (χ3n) is 1.96. The second-order valence-electron chi connectivity index (χ2n) is 3.15. The molecule has 2 unspecified atom stereocenters. The maximum absolute atomic E-state index is 6.02. The monoisotopic (exact) mass is 232 g/mol. The molecule has 2 atom stereocenters. The highest BCUT2D eigenvalue weighted by molar-refractivity contribution is 6.25. The molecule has 2 N–H and O–H groups in total.